The second kappa shape index (κ2) is 7.67. The number of thiophene rings is 1. The maximum atomic E-state index is 12.8. The quantitative estimate of drug-likeness (QED) is 0.773. The van der Waals surface area contributed by atoms with Crippen LogP contribution in [0.4, 0.5) is 5.00 Å². The van der Waals surface area contributed by atoms with Gasteiger partial charge in [0.2, 0.25) is 0 Å². The molecule has 3 rings (SSSR count). The topological polar surface area (TPSA) is 106 Å². The number of benzene rings is 1. The van der Waals surface area contributed by atoms with Crippen molar-refractivity contribution >= 4 is 38.0 Å². The lowest BCUT2D eigenvalue weighted by atomic mass is 9.88. The molecule has 1 atom stereocenters. The predicted octanol–water partition coefficient (Wildman–Crippen LogP) is 3.41. The number of fused-ring (bicyclic) bond motifs is 1. The lowest BCUT2D eigenvalue weighted by Crippen LogP contribution is -2.20. The second-order valence-corrected chi connectivity index (χ2v) is 11.1. The first-order valence-corrected chi connectivity index (χ1v) is 11.6. The molecule has 0 bridgehead atoms. The van der Waals surface area contributed by atoms with Crippen LogP contribution in [0.5, 0.6) is 0 Å². The van der Waals surface area contributed by atoms with Crippen molar-refractivity contribution in [3.63, 3.8) is 0 Å². The molecule has 8 heteroatoms. The monoisotopic (exact) mass is 420 g/mol. The summed E-state index contributed by atoms with van der Waals surface area (Å²) < 4.78 is 24.8. The maximum absolute atomic E-state index is 12.8. The van der Waals surface area contributed by atoms with Crippen LogP contribution in [0.3, 0.4) is 0 Å². The Morgan fingerprint density at radius 2 is 2.00 bits per heavy atom. The normalized spacial score (nSPS) is 16.6. The third kappa shape index (κ3) is 3.84. The molecule has 1 unspecified atom stereocenters. The van der Waals surface area contributed by atoms with Gasteiger partial charge in [-0.3, -0.25) is 9.59 Å². The minimum Gasteiger partial charge on any atom is -0.365 e. The number of carbonyl (C=O) groups excluding carboxylic acids is 2. The summed E-state index contributed by atoms with van der Waals surface area (Å²) in [5.41, 5.74) is 7.12. The zero-order valence-corrected chi connectivity index (χ0v) is 17.7. The summed E-state index contributed by atoms with van der Waals surface area (Å²) in [4.78, 5) is 26.0. The van der Waals surface area contributed by atoms with Gasteiger partial charge in [-0.2, -0.15) is 0 Å². The first-order valence-electron chi connectivity index (χ1n) is 9.21. The van der Waals surface area contributed by atoms with Crippen LogP contribution < -0.4 is 11.1 Å². The summed E-state index contributed by atoms with van der Waals surface area (Å²) in [5.74, 6) is -0.498. The van der Waals surface area contributed by atoms with Crippen LogP contribution in [-0.4, -0.2) is 25.5 Å². The molecule has 0 spiro atoms. The smallest absolute Gasteiger partial charge is 0.256 e. The zero-order valence-electron chi connectivity index (χ0n) is 16.1. The standard InChI is InChI=1S/C20H24N2O4S2/c1-11(2)28(25,26)14-6-4-5-13(10-14)19(24)22-20-17(18(21)23)15-8-7-12(3)9-16(15)27-20/h4-6,10-12H,7-9H2,1-3H3,(H2,21,23)(H,22,24). The van der Waals surface area contributed by atoms with Gasteiger partial charge < -0.3 is 11.1 Å². The van der Waals surface area contributed by atoms with E-state index in [1.165, 1.54) is 23.5 Å². The van der Waals surface area contributed by atoms with Gasteiger partial charge >= 0.3 is 0 Å². The number of primary amides is 1. The van der Waals surface area contributed by atoms with Crippen LogP contribution in [-0.2, 0) is 22.7 Å². The number of carbonyl (C=O) groups is 2. The summed E-state index contributed by atoms with van der Waals surface area (Å²) in [6.07, 6.45) is 2.61. The highest BCUT2D eigenvalue weighted by atomic mass is 32.2. The van der Waals surface area contributed by atoms with E-state index in [-0.39, 0.29) is 10.5 Å². The van der Waals surface area contributed by atoms with Crippen LogP contribution in [0.15, 0.2) is 29.2 Å². The highest BCUT2D eigenvalue weighted by Gasteiger charge is 2.28. The lowest BCUT2D eigenvalue weighted by Gasteiger charge is -2.18. The predicted molar refractivity (Wildman–Crippen MR) is 111 cm³/mol. The molecule has 0 fully saturated rings. The fourth-order valence-corrected chi connectivity index (χ4v) is 5.88. The van der Waals surface area contributed by atoms with Crippen LogP contribution in [0.25, 0.3) is 0 Å². The molecule has 1 heterocycles. The van der Waals surface area contributed by atoms with Crippen LogP contribution in [0.1, 0.15) is 58.3 Å². The van der Waals surface area contributed by atoms with Gasteiger partial charge in [0.25, 0.3) is 11.8 Å². The van der Waals surface area contributed by atoms with Gasteiger partial charge in [-0.05, 0) is 62.8 Å². The van der Waals surface area contributed by atoms with E-state index in [0.29, 0.717) is 16.5 Å². The highest BCUT2D eigenvalue weighted by molar-refractivity contribution is 7.92. The van der Waals surface area contributed by atoms with E-state index < -0.39 is 26.9 Å². The van der Waals surface area contributed by atoms with Gasteiger partial charge in [0.15, 0.2) is 9.84 Å². The second-order valence-electron chi connectivity index (χ2n) is 7.50. The summed E-state index contributed by atoms with van der Waals surface area (Å²) in [6.45, 7) is 5.35. The van der Waals surface area contributed by atoms with E-state index >= 15 is 0 Å². The van der Waals surface area contributed by atoms with Crippen molar-refractivity contribution in [2.24, 2.45) is 11.7 Å². The molecule has 1 aliphatic rings. The number of nitrogens with one attached hydrogen (secondary N) is 1. The molecule has 0 radical (unpaired) electrons. The molecule has 1 aromatic heterocycles. The van der Waals surface area contributed by atoms with Gasteiger partial charge in [0.05, 0.1) is 15.7 Å². The molecule has 1 aliphatic carbocycles. The third-order valence-corrected chi connectivity index (χ3v) is 8.35. The molecule has 2 amide bonds. The molecule has 0 saturated heterocycles. The fraction of sp³-hybridized carbons (Fsp3) is 0.400. The Labute approximate surface area is 169 Å². The van der Waals surface area contributed by atoms with Crippen molar-refractivity contribution in [1.29, 1.82) is 0 Å². The van der Waals surface area contributed by atoms with E-state index in [2.05, 4.69) is 12.2 Å². The fourth-order valence-electron chi connectivity index (χ4n) is 3.36. The summed E-state index contributed by atoms with van der Waals surface area (Å²) in [5, 5.41) is 2.63. The molecular formula is C20H24N2O4S2. The largest absolute Gasteiger partial charge is 0.365 e. The van der Waals surface area contributed by atoms with Crippen molar-refractivity contribution < 1.29 is 18.0 Å². The Kier molecular flexibility index (Phi) is 5.63. The molecule has 150 valence electrons. The van der Waals surface area contributed by atoms with Gasteiger partial charge in [0, 0.05) is 10.4 Å². The Hall–Kier alpha value is -2.19. The molecule has 3 N–H and O–H groups in total. The number of hydrogen-bond acceptors (Lipinski definition) is 5. The number of hydrogen-bond donors (Lipinski definition) is 2. The van der Waals surface area contributed by atoms with E-state index in [9.17, 15) is 18.0 Å². The molecule has 6 nitrogen and oxygen atoms in total. The Morgan fingerprint density at radius 1 is 1.29 bits per heavy atom. The minimum absolute atomic E-state index is 0.101. The minimum atomic E-state index is -3.49. The zero-order chi connectivity index (χ0) is 20.6. The van der Waals surface area contributed by atoms with Gasteiger partial charge in [-0.15, -0.1) is 11.3 Å². The maximum Gasteiger partial charge on any atom is 0.256 e. The van der Waals surface area contributed by atoms with E-state index in [0.717, 1.165) is 29.7 Å². The Bertz CT molecular complexity index is 1040. The Morgan fingerprint density at radius 3 is 2.64 bits per heavy atom. The average molecular weight is 421 g/mol. The highest BCUT2D eigenvalue weighted by Crippen LogP contribution is 2.39. The van der Waals surface area contributed by atoms with Crippen molar-refractivity contribution in [2.45, 2.75) is 50.2 Å². The van der Waals surface area contributed by atoms with Crippen molar-refractivity contribution in [1.82, 2.24) is 0 Å². The summed E-state index contributed by atoms with van der Waals surface area (Å²) >= 11 is 1.38. The first kappa shape index (κ1) is 20.5. The van der Waals surface area contributed by atoms with E-state index in [1.54, 1.807) is 26.0 Å². The number of amides is 2. The van der Waals surface area contributed by atoms with Crippen molar-refractivity contribution in [2.75, 3.05) is 5.32 Å². The average Bonchev–Trinajstić information content (AvgIpc) is 2.98. The van der Waals surface area contributed by atoms with Gasteiger partial charge in [-0.1, -0.05) is 13.0 Å². The SMILES string of the molecule is CC1CCc2c(sc(NC(=O)c3cccc(S(=O)(=O)C(C)C)c3)c2C(N)=O)C1. The number of sulfone groups is 1. The van der Waals surface area contributed by atoms with Crippen molar-refractivity contribution in [3.8, 4) is 0 Å². The third-order valence-electron chi connectivity index (χ3n) is 5.03. The molecule has 28 heavy (non-hydrogen) atoms. The van der Waals surface area contributed by atoms with Crippen LogP contribution >= 0.6 is 11.3 Å². The van der Waals surface area contributed by atoms with Crippen LogP contribution in [0, 0.1) is 5.92 Å². The number of nitrogens with two attached hydrogens (primary N) is 1. The van der Waals surface area contributed by atoms with E-state index in [4.69, 9.17) is 5.73 Å². The van der Waals surface area contributed by atoms with Crippen LogP contribution in [0.2, 0.25) is 0 Å². The summed E-state index contributed by atoms with van der Waals surface area (Å²) in [6, 6.07) is 5.94. The molecular weight excluding hydrogens is 396 g/mol. The first-order chi connectivity index (χ1) is 13.1. The van der Waals surface area contributed by atoms with Gasteiger partial charge in [0.1, 0.15) is 5.00 Å². The molecule has 1 aromatic carbocycles. The van der Waals surface area contributed by atoms with Crippen molar-refractivity contribution in [3.05, 3.63) is 45.8 Å². The summed E-state index contributed by atoms with van der Waals surface area (Å²) in [7, 11) is -3.49. The number of anilines is 1. The molecule has 0 saturated carbocycles. The van der Waals surface area contributed by atoms with Gasteiger partial charge in [-0.25, -0.2) is 8.42 Å². The van der Waals surface area contributed by atoms with E-state index in [1.807, 2.05) is 0 Å². The molecule has 0 aliphatic heterocycles. The lowest BCUT2D eigenvalue weighted by molar-refractivity contribution is 0.1000. The number of rotatable bonds is 5. The Balaban J connectivity index is 1.93. The molecule has 2 aromatic rings.